The van der Waals surface area contributed by atoms with Crippen LogP contribution < -0.4 is 5.43 Å². The maximum Gasteiger partial charge on any atom is 0.267 e. The van der Waals surface area contributed by atoms with E-state index in [0.29, 0.717) is 10.7 Å². The van der Waals surface area contributed by atoms with Gasteiger partial charge >= 0.3 is 0 Å². The lowest BCUT2D eigenvalue weighted by atomic mass is 10.3. The molecule has 0 aliphatic rings. The normalized spacial score (nSPS) is 10.2. The second-order valence-corrected chi connectivity index (χ2v) is 3.09. The average Bonchev–Trinajstić information content (AvgIpc) is 2.04. The van der Waals surface area contributed by atoms with Gasteiger partial charge in [-0.15, -0.1) is 0 Å². The van der Waals surface area contributed by atoms with Gasteiger partial charge in [-0.25, -0.2) is 9.99 Å². The molecule has 1 amide bonds. The molecule has 0 fully saturated rings. The molecule has 1 rings (SSSR count). The lowest BCUT2D eigenvalue weighted by molar-refractivity contribution is 0.0856. The molecule has 0 saturated heterocycles. The summed E-state index contributed by atoms with van der Waals surface area (Å²) in [6, 6.07) is 3.19. The minimum atomic E-state index is -0.200. The quantitative estimate of drug-likeness (QED) is 0.570. The van der Waals surface area contributed by atoms with Crippen molar-refractivity contribution in [2.75, 3.05) is 14.1 Å². The first-order valence-electron chi connectivity index (χ1n) is 3.69. The first kappa shape index (κ1) is 9.95. The number of carbonyl (C=O) groups excluding carboxylic acids is 1. The standard InChI is InChI=1S/C8H10ClN3O/c1-12(2)11-8(13)6-3-4-7(9)10-5-6/h3-5H,1-2H3,(H,11,13). The van der Waals surface area contributed by atoms with E-state index in [9.17, 15) is 4.79 Å². The van der Waals surface area contributed by atoms with Gasteiger partial charge in [0.05, 0.1) is 5.56 Å². The molecule has 0 spiro atoms. The van der Waals surface area contributed by atoms with Crippen LogP contribution >= 0.6 is 11.6 Å². The Kier molecular flexibility index (Phi) is 3.22. The summed E-state index contributed by atoms with van der Waals surface area (Å²) in [5.41, 5.74) is 3.07. The third-order valence-electron chi connectivity index (χ3n) is 1.31. The van der Waals surface area contributed by atoms with Crippen LogP contribution in [0, 0.1) is 0 Å². The fraction of sp³-hybridized carbons (Fsp3) is 0.250. The van der Waals surface area contributed by atoms with Crippen LogP contribution in [0.2, 0.25) is 5.15 Å². The Balaban J connectivity index is 2.72. The minimum Gasteiger partial charge on any atom is -0.285 e. The molecule has 5 heteroatoms. The Morgan fingerprint density at radius 1 is 1.54 bits per heavy atom. The van der Waals surface area contributed by atoms with E-state index in [1.54, 1.807) is 31.2 Å². The van der Waals surface area contributed by atoms with Crippen molar-refractivity contribution in [3.63, 3.8) is 0 Å². The molecule has 0 unspecified atom stereocenters. The van der Waals surface area contributed by atoms with E-state index < -0.39 is 0 Å². The molecule has 0 aliphatic heterocycles. The van der Waals surface area contributed by atoms with Crippen molar-refractivity contribution in [1.29, 1.82) is 0 Å². The summed E-state index contributed by atoms with van der Waals surface area (Å²) < 4.78 is 0. The van der Waals surface area contributed by atoms with Crippen LogP contribution in [0.3, 0.4) is 0 Å². The average molecular weight is 200 g/mol. The van der Waals surface area contributed by atoms with Gasteiger partial charge in [-0.2, -0.15) is 0 Å². The maximum atomic E-state index is 11.3. The largest absolute Gasteiger partial charge is 0.285 e. The smallest absolute Gasteiger partial charge is 0.267 e. The van der Waals surface area contributed by atoms with E-state index in [1.165, 1.54) is 6.20 Å². The second-order valence-electron chi connectivity index (χ2n) is 2.70. The number of amides is 1. The van der Waals surface area contributed by atoms with Crippen LogP contribution in [0.5, 0.6) is 0 Å². The molecule has 1 aromatic heterocycles. The number of halogens is 1. The monoisotopic (exact) mass is 199 g/mol. The van der Waals surface area contributed by atoms with E-state index in [0.717, 1.165) is 0 Å². The molecule has 0 bridgehead atoms. The van der Waals surface area contributed by atoms with Crippen molar-refractivity contribution in [2.45, 2.75) is 0 Å². The Hall–Kier alpha value is -1.13. The van der Waals surface area contributed by atoms with Crippen LogP contribution in [0.25, 0.3) is 0 Å². The zero-order chi connectivity index (χ0) is 9.84. The topological polar surface area (TPSA) is 45.2 Å². The summed E-state index contributed by atoms with van der Waals surface area (Å²) in [6.07, 6.45) is 1.43. The molecule has 1 heterocycles. The summed E-state index contributed by atoms with van der Waals surface area (Å²) in [5.74, 6) is -0.200. The molecule has 0 radical (unpaired) electrons. The third kappa shape index (κ3) is 3.01. The first-order valence-corrected chi connectivity index (χ1v) is 4.07. The Bertz CT molecular complexity index is 297. The van der Waals surface area contributed by atoms with E-state index in [1.807, 2.05) is 0 Å². The fourth-order valence-electron chi connectivity index (χ4n) is 0.778. The predicted octanol–water partition coefficient (Wildman–Crippen LogP) is 0.941. The van der Waals surface area contributed by atoms with Gasteiger partial charge in [-0.1, -0.05) is 11.6 Å². The van der Waals surface area contributed by atoms with E-state index in [-0.39, 0.29) is 5.91 Å². The highest BCUT2D eigenvalue weighted by Crippen LogP contribution is 2.04. The summed E-state index contributed by atoms with van der Waals surface area (Å²) in [6.45, 7) is 0. The van der Waals surface area contributed by atoms with Crippen molar-refractivity contribution in [2.24, 2.45) is 0 Å². The van der Waals surface area contributed by atoms with Crippen LogP contribution in [0.4, 0.5) is 0 Å². The SMILES string of the molecule is CN(C)NC(=O)c1ccc(Cl)nc1. The number of hydrogen-bond acceptors (Lipinski definition) is 3. The number of nitrogens with zero attached hydrogens (tertiary/aromatic N) is 2. The number of nitrogens with one attached hydrogen (secondary N) is 1. The van der Waals surface area contributed by atoms with Gasteiger partial charge in [0.15, 0.2) is 0 Å². The van der Waals surface area contributed by atoms with Crippen molar-refractivity contribution in [3.8, 4) is 0 Å². The Morgan fingerprint density at radius 2 is 2.23 bits per heavy atom. The summed E-state index contributed by atoms with van der Waals surface area (Å²) in [7, 11) is 3.47. The van der Waals surface area contributed by atoms with E-state index in [4.69, 9.17) is 11.6 Å². The van der Waals surface area contributed by atoms with E-state index in [2.05, 4.69) is 10.4 Å². The van der Waals surface area contributed by atoms with Gasteiger partial charge in [0.25, 0.3) is 5.91 Å². The first-order chi connectivity index (χ1) is 6.09. The zero-order valence-electron chi connectivity index (χ0n) is 7.41. The fourth-order valence-corrected chi connectivity index (χ4v) is 0.890. The molecule has 4 nitrogen and oxygen atoms in total. The highest BCUT2D eigenvalue weighted by molar-refractivity contribution is 6.29. The number of hydrogen-bond donors (Lipinski definition) is 1. The highest BCUT2D eigenvalue weighted by Gasteiger charge is 2.05. The molecule has 0 aromatic carbocycles. The Labute approximate surface area is 81.5 Å². The number of rotatable bonds is 2. The number of pyridine rings is 1. The van der Waals surface area contributed by atoms with Crippen molar-refractivity contribution in [3.05, 3.63) is 29.0 Å². The maximum absolute atomic E-state index is 11.3. The van der Waals surface area contributed by atoms with Gasteiger partial charge in [0.1, 0.15) is 5.15 Å². The number of hydrazine groups is 1. The summed E-state index contributed by atoms with van der Waals surface area (Å²) in [4.78, 5) is 15.1. The van der Waals surface area contributed by atoms with Crippen LogP contribution in [0.15, 0.2) is 18.3 Å². The van der Waals surface area contributed by atoms with Gasteiger partial charge < -0.3 is 0 Å². The third-order valence-corrected chi connectivity index (χ3v) is 1.54. The van der Waals surface area contributed by atoms with E-state index >= 15 is 0 Å². The molecule has 1 aromatic rings. The lowest BCUT2D eigenvalue weighted by Crippen LogP contribution is -2.36. The molecular formula is C8H10ClN3O. The van der Waals surface area contributed by atoms with Gasteiger partial charge in [-0.3, -0.25) is 10.2 Å². The Morgan fingerprint density at radius 3 is 2.69 bits per heavy atom. The highest BCUT2D eigenvalue weighted by atomic mass is 35.5. The van der Waals surface area contributed by atoms with Gasteiger partial charge in [0, 0.05) is 20.3 Å². The molecular weight excluding hydrogens is 190 g/mol. The predicted molar refractivity (Wildman–Crippen MR) is 50.4 cm³/mol. The van der Waals surface area contributed by atoms with Crippen LogP contribution in [0.1, 0.15) is 10.4 Å². The summed E-state index contributed by atoms with van der Waals surface area (Å²) >= 11 is 5.57. The summed E-state index contributed by atoms with van der Waals surface area (Å²) in [5, 5.41) is 1.94. The van der Waals surface area contributed by atoms with Crippen molar-refractivity contribution in [1.82, 2.24) is 15.4 Å². The van der Waals surface area contributed by atoms with Crippen molar-refractivity contribution >= 4 is 17.5 Å². The van der Waals surface area contributed by atoms with Crippen LogP contribution in [-0.4, -0.2) is 30.0 Å². The number of carbonyl (C=O) groups is 1. The second kappa shape index (κ2) is 4.20. The minimum absolute atomic E-state index is 0.200. The van der Waals surface area contributed by atoms with Crippen molar-refractivity contribution < 1.29 is 4.79 Å². The molecule has 0 atom stereocenters. The molecule has 1 N–H and O–H groups in total. The molecule has 0 aliphatic carbocycles. The molecule has 70 valence electrons. The van der Waals surface area contributed by atoms with Gasteiger partial charge in [-0.05, 0) is 12.1 Å². The lowest BCUT2D eigenvalue weighted by Gasteiger charge is -2.11. The van der Waals surface area contributed by atoms with Crippen LogP contribution in [-0.2, 0) is 0 Å². The molecule has 0 saturated carbocycles. The van der Waals surface area contributed by atoms with Gasteiger partial charge in [0.2, 0.25) is 0 Å². The zero-order valence-corrected chi connectivity index (χ0v) is 8.17. The number of aromatic nitrogens is 1. The molecule has 13 heavy (non-hydrogen) atoms.